The minimum atomic E-state index is -0.235. The van der Waals surface area contributed by atoms with Crippen molar-refractivity contribution in [2.75, 3.05) is 33.3 Å². The molecule has 0 N–H and O–H groups in total. The SMILES string of the molecule is COC(=O)N1CCN(Cc2ccc(Cl)cc2)CC1. The molecule has 98 valence electrons. The van der Waals surface area contributed by atoms with Crippen LogP contribution in [0.1, 0.15) is 5.56 Å². The lowest BCUT2D eigenvalue weighted by Gasteiger charge is -2.33. The third-order valence-electron chi connectivity index (χ3n) is 3.12. The van der Waals surface area contributed by atoms with Gasteiger partial charge in [-0.1, -0.05) is 23.7 Å². The molecule has 0 aromatic heterocycles. The van der Waals surface area contributed by atoms with Gasteiger partial charge in [-0.25, -0.2) is 4.79 Å². The van der Waals surface area contributed by atoms with Gasteiger partial charge in [0, 0.05) is 37.7 Å². The highest BCUT2D eigenvalue weighted by molar-refractivity contribution is 6.30. The van der Waals surface area contributed by atoms with Crippen LogP contribution in [0.2, 0.25) is 5.02 Å². The van der Waals surface area contributed by atoms with Crippen LogP contribution in [-0.2, 0) is 11.3 Å². The topological polar surface area (TPSA) is 32.8 Å². The van der Waals surface area contributed by atoms with Crippen molar-refractivity contribution in [2.24, 2.45) is 0 Å². The zero-order chi connectivity index (χ0) is 13.0. The molecule has 1 amide bonds. The van der Waals surface area contributed by atoms with Gasteiger partial charge in [0.05, 0.1) is 7.11 Å². The number of ether oxygens (including phenoxy) is 1. The molecule has 1 aromatic rings. The maximum absolute atomic E-state index is 11.3. The van der Waals surface area contributed by atoms with Crippen LogP contribution in [-0.4, -0.2) is 49.2 Å². The van der Waals surface area contributed by atoms with Crippen LogP contribution in [0, 0.1) is 0 Å². The van der Waals surface area contributed by atoms with Crippen molar-refractivity contribution >= 4 is 17.7 Å². The highest BCUT2D eigenvalue weighted by Crippen LogP contribution is 2.13. The molecule has 1 fully saturated rings. The van der Waals surface area contributed by atoms with Gasteiger partial charge in [-0.05, 0) is 17.7 Å². The quantitative estimate of drug-likeness (QED) is 0.825. The first-order valence-corrected chi connectivity index (χ1v) is 6.36. The van der Waals surface area contributed by atoms with E-state index in [1.807, 2.05) is 24.3 Å². The zero-order valence-corrected chi connectivity index (χ0v) is 11.2. The summed E-state index contributed by atoms with van der Waals surface area (Å²) in [6.07, 6.45) is -0.235. The predicted octanol–water partition coefficient (Wildman–Crippen LogP) is 2.22. The molecular formula is C13H17ClN2O2. The molecule has 0 saturated carbocycles. The van der Waals surface area contributed by atoms with Crippen molar-refractivity contribution in [3.63, 3.8) is 0 Å². The highest BCUT2D eigenvalue weighted by Gasteiger charge is 2.21. The van der Waals surface area contributed by atoms with Gasteiger partial charge in [0.1, 0.15) is 0 Å². The smallest absolute Gasteiger partial charge is 0.409 e. The molecule has 0 spiro atoms. The third-order valence-corrected chi connectivity index (χ3v) is 3.38. The lowest BCUT2D eigenvalue weighted by Crippen LogP contribution is -2.48. The molecule has 1 saturated heterocycles. The normalized spacial score (nSPS) is 16.7. The second-order valence-corrected chi connectivity index (χ2v) is 4.80. The van der Waals surface area contributed by atoms with Crippen molar-refractivity contribution in [1.29, 1.82) is 0 Å². The van der Waals surface area contributed by atoms with E-state index in [2.05, 4.69) is 4.90 Å². The van der Waals surface area contributed by atoms with Crippen molar-refractivity contribution < 1.29 is 9.53 Å². The number of nitrogens with zero attached hydrogens (tertiary/aromatic N) is 2. The Morgan fingerprint density at radius 1 is 1.22 bits per heavy atom. The zero-order valence-electron chi connectivity index (χ0n) is 10.4. The number of carbonyl (C=O) groups is 1. The van der Waals surface area contributed by atoms with Crippen molar-refractivity contribution in [2.45, 2.75) is 6.54 Å². The second kappa shape index (κ2) is 6.07. The number of hydrogen-bond donors (Lipinski definition) is 0. The molecule has 0 bridgehead atoms. The number of piperazine rings is 1. The summed E-state index contributed by atoms with van der Waals surface area (Å²) in [5.41, 5.74) is 1.24. The molecule has 1 heterocycles. The van der Waals surface area contributed by atoms with Crippen LogP contribution in [0.4, 0.5) is 4.79 Å². The van der Waals surface area contributed by atoms with Crippen molar-refractivity contribution in [3.05, 3.63) is 34.9 Å². The molecule has 4 nitrogen and oxygen atoms in total. The fourth-order valence-corrected chi connectivity index (χ4v) is 2.19. The standard InChI is InChI=1S/C13H17ClN2O2/c1-18-13(17)16-8-6-15(7-9-16)10-11-2-4-12(14)5-3-11/h2-5H,6-10H2,1H3. The highest BCUT2D eigenvalue weighted by atomic mass is 35.5. The van der Waals surface area contributed by atoms with Crippen LogP contribution in [0.15, 0.2) is 24.3 Å². The molecule has 18 heavy (non-hydrogen) atoms. The van der Waals surface area contributed by atoms with E-state index in [-0.39, 0.29) is 6.09 Å². The van der Waals surface area contributed by atoms with E-state index in [4.69, 9.17) is 16.3 Å². The summed E-state index contributed by atoms with van der Waals surface area (Å²) >= 11 is 5.85. The maximum atomic E-state index is 11.3. The summed E-state index contributed by atoms with van der Waals surface area (Å²) in [5, 5.41) is 0.759. The van der Waals surface area contributed by atoms with Gasteiger partial charge < -0.3 is 9.64 Å². The van der Waals surface area contributed by atoms with E-state index in [1.165, 1.54) is 12.7 Å². The van der Waals surface area contributed by atoms with Crippen LogP contribution in [0.5, 0.6) is 0 Å². The Kier molecular flexibility index (Phi) is 4.44. The summed E-state index contributed by atoms with van der Waals surface area (Å²) in [6.45, 7) is 4.09. The molecule has 2 rings (SSSR count). The molecule has 5 heteroatoms. The monoisotopic (exact) mass is 268 g/mol. The molecule has 1 aliphatic rings. The largest absolute Gasteiger partial charge is 0.453 e. The maximum Gasteiger partial charge on any atom is 0.409 e. The Labute approximate surface area is 112 Å². The van der Waals surface area contributed by atoms with Crippen molar-refractivity contribution in [3.8, 4) is 0 Å². The Morgan fingerprint density at radius 3 is 2.39 bits per heavy atom. The number of carbonyl (C=O) groups excluding carboxylic acids is 1. The Balaban J connectivity index is 1.83. The van der Waals surface area contributed by atoms with Gasteiger partial charge in [-0.15, -0.1) is 0 Å². The number of amides is 1. The summed E-state index contributed by atoms with van der Waals surface area (Å²) < 4.78 is 4.71. The molecule has 0 aliphatic carbocycles. The van der Waals surface area contributed by atoms with Gasteiger partial charge in [-0.2, -0.15) is 0 Å². The predicted molar refractivity (Wildman–Crippen MR) is 70.7 cm³/mol. The fraction of sp³-hybridized carbons (Fsp3) is 0.462. The Bertz CT molecular complexity index is 400. The average Bonchev–Trinajstić information content (AvgIpc) is 2.41. The first kappa shape index (κ1) is 13.2. The van der Waals surface area contributed by atoms with Crippen LogP contribution < -0.4 is 0 Å². The molecular weight excluding hydrogens is 252 g/mol. The molecule has 0 atom stereocenters. The summed E-state index contributed by atoms with van der Waals surface area (Å²) in [5.74, 6) is 0. The molecule has 0 radical (unpaired) electrons. The Morgan fingerprint density at radius 2 is 1.83 bits per heavy atom. The minimum Gasteiger partial charge on any atom is -0.453 e. The first-order valence-electron chi connectivity index (χ1n) is 5.99. The van der Waals surface area contributed by atoms with Gasteiger partial charge in [0.15, 0.2) is 0 Å². The molecule has 0 unspecified atom stereocenters. The van der Waals surface area contributed by atoms with E-state index in [9.17, 15) is 4.79 Å². The van der Waals surface area contributed by atoms with Crippen molar-refractivity contribution in [1.82, 2.24) is 9.80 Å². The fourth-order valence-electron chi connectivity index (χ4n) is 2.07. The molecule has 1 aliphatic heterocycles. The van der Waals surface area contributed by atoms with Gasteiger partial charge in [0.25, 0.3) is 0 Å². The average molecular weight is 269 g/mol. The van der Waals surface area contributed by atoms with E-state index >= 15 is 0 Å². The summed E-state index contributed by atoms with van der Waals surface area (Å²) in [4.78, 5) is 15.4. The van der Waals surface area contributed by atoms with Crippen LogP contribution >= 0.6 is 11.6 Å². The van der Waals surface area contributed by atoms with Gasteiger partial charge in [0.2, 0.25) is 0 Å². The number of benzene rings is 1. The van der Waals surface area contributed by atoms with E-state index in [0.29, 0.717) is 0 Å². The number of rotatable bonds is 2. The van der Waals surface area contributed by atoms with Gasteiger partial charge >= 0.3 is 6.09 Å². The lowest BCUT2D eigenvalue weighted by molar-refractivity contribution is 0.0889. The summed E-state index contributed by atoms with van der Waals surface area (Å²) in [6, 6.07) is 7.88. The molecule has 1 aromatic carbocycles. The van der Waals surface area contributed by atoms with E-state index in [1.54, 1.807) is 4.90 Å². The second-order valence-electron chi connectivity index (χ2n) is 4.36. The van der Waals surface area contributed by atoms with E-state index in [0.717, 1.165) is 37.7 Å². The van der Waals surface area contributed by atoms with Gasteiger partial charge in [-0.3, -0.25) is 4.90 Å². The van der Waals surface area contributed by atoms with Crippen LogP contribution in [0.25, 0.3) is 0 Å². The van der Waals surface area contributed by atoms with E-state index < -0.39 is 0 Å². The van der Waals surface area contributed by atoms with Crippen LogP contribution in [0.3, 0.4) is 0 Å². The number of methoxy groups -OCH3 is 1. The Hall–Kier alpha value is -1.26. The number of hydrogen-bond acceptors (Lipinski definition) is 3. The third kappa shape index (κ3) is 3.37. The minimum absolute atomic E-state index is 0.235. The number of halogens is 1. The lowest BCUT2D eigenvalue weighted by atomic mass is 10.2. The summed E-state index contributed by atoms with van der Waals surface area (Å²) in [7, 11) is 1.42. The first-order chi connectivity index (χ1) is 8.69.